The highest BCUT2D eigenvalue weighted by Gasteiger charge is 2.15. The summed E-state index contributed by atoms with van der Waals surface area (Å²) in [6, 6.07) is 13.1. The lowest BCUT2D eigenvalue weighted by molar-refractivity contribution is -0.116. The van der Waals surface area contributed by atoms with Gasteiger partial charge in [-0.2, -0.15) is 5.10 Å². The van der Waals surface area contributed by atoms with E-state index in [9.17, 15) is 9.59 Å². The maximum Gasteiger partial charge on any atom is 0.254 e. The third kappa shape index (κ3) is 4.80. The predicted octanol–water partition coefficient (Wildman–Crippen LogP) is 3.28. The molecule has 0 saturated heterocycles. The average Bonchev–Trinajstić information content (AvgIpc) is 3.21. The van der Waals surface area contributed by atoms with E-state index in [1.165, 1.54) is 6.20 Å². The number of hydrogen-bond donors (Lipinski definition) is 2. The quantitative estimate of drug-likeness (QED) is 0.570. The third-order valence-electron chi connectivity index (χ3n) is 4.81. The molecule has 0 atom stereocenters. The summed E-state index contributed by atoms with van der Waals surface area (Å²) in [7, 11) is 0. The number of aromatic nitrogens is 2. The molecule has 0 spiro atoms. The summed E-state index contributed by atoms with van der Waals surface area (Å²) in [6.45, 7) is 1.20. The Bertz CT molecular complexity index is 1080. The number of nitrogens with zero attached hydrogens (tertiary/aromatic N) is 2. The lowest BCUT2D eigenvalue weighted by Gasteiger charge is -2.17. The number of anilines is 1. The van der Waals surface area contributed by atoms with Crippen LogP contribution < -0.4 is 15.4 Å². The van der Waals surface area contributed by atoms with Gasteiger partial charge in [0.15, 0.2) is 0 Å². The summed E-state index contributed by atoms with van der Waals surface area (Å²) in [5.74, 6) is 0.540. The van der Waals surface area contributed by atoms with Crippen molar-refractivity contribution in [2.75, 3.05) is 18.5 Å². The number of amides is 2. The van der Waals surface area contributed by atoms with Crippen LogP contribution in [0.3, 0.4) is 0 Å². The molecule has 2 amide bonds. The number of rotatable bonds is 7. The monoisotopic (exact) mass is 424 g/mol. The minimum atomic E-state index is -0.211. The van der Waals surface area contributed by atoms with E-state index in [0.29, 0.717) is 48.9 Å². The lowest BCUT2D eigenvalue weighted by Crippen LogP contribution is -2.27. The van der Waals surface area contributed by atoms with E-state index in [1.807, 2.05) is 42.5 Å². The van der Waals surface area contributed by atoms with E-state index in [1.54, 1.807) is 10.9 Å². The fourth-order valence-corrected chi connectivity index (χ4v) is 3.45. The van der Waals surface area contributed by atoms with Gasteiger partial charge in [0, 0.05) is 23.3 Å². The summed E-state index contributed by atoms with van der Waals surface area (Å²) in [6.07, 6.45) is 4.41. The fraction of sp³-hybridized carbons (Fsp3) is 0.227. The second-order valence-electron chi connectivity index (χ2n) is 6.99. The smallest absolute Gasteiger partial charge is 0.254 e. The minimum absolute atomic E-state index is 0.0362. The average molecular weight is 425 g/mol. The molecule has 0 aliphatic carbocycles. The van der Waals surface area contributed by atoms with Crippen molar-refractivity contribution in [2.24, 2.45) is 0 Å². The van der Waals surface area contributed by atoms with E-state index in [0.717, 1.165) is 16.8 Å². The molecule has 0 saturated carbocycles. The molecule has 8 heteroatoms. The van der Waals surface area contributed by atoms with Crippen LogP contribution in [0.4, 0.5) is 5.69 Å². The normalized spacial score (nSPS) is 12.8. The number of hydrogen-bond acceptors (Lipinski definition) is 4. The Morgan fingerprint density at radius 1 is 1.23 bits per heavy atom. The lowest BCUT2D eigenvalue weighted by atomic mass is 10.0. The summed E-state index contributed by atoms with van der Waals surface area (Å²) < 4.78 is 7.40. The van der Waals surface area contributed by atoms with Crippen LogP contribution in [0.25, 0.3) is 0 Å². The van der Waals surface area contributed by atoms with Gasteiger partial charge in [-0.05, 0) is 41.8 Å². The molecule has 2 N–H and O–H groups in total. The van der Waals surface area contributed by atoms with Crippen LogP contribution in [0.5, 0.6) is 5.75 Å². The second kappa shape index (κ2) is 9.00. The maximum atomic E-state index is 12.3. The van der Waals surface area contributed by atoms with E-state index in [2.05, 4.69) is 15.7 Å². The molecule has 3 aromatic rings. The Kier molecular flexibility index (Phi) is 5.99. The first-order valence-electron chi connectivity index (χ1n) is 9.68. The number of ether oxygens (including phenoxy) is 1. The molecule has 7 nitrogen and oxygen atoms in total. The van der Waals surface area contributed by atoms with Gasteiger partial charge in [-0.25, -0.2) is 0 Å². The minimum Gasteiger partial charge on any atom is -0.492 e. The van der Waals surface area contributed by atoms with Gasteiger partial charge in [-0.1, -0.05) is 29.8 Å². The zero-order valence-electron chi connectivity index (χ0n) is 16.2. The summed E-state index contributed by atoms with van der Waals surface area (Å²) in [5, 5.41) is 10.6. The molecular formula is C22H21ClN4O3. The van der Waals surface area contributed by atoms with Gasteiger partial charge in [-0.3, -0.25) is 14.3 Å². The fourth-order valence-electron chi connectivity index (χ4n) is 3.25. The Morgan fingerprint density at radius 3 is 2.97 bits per heavy atom. The molecule has 2 aromatic carbocycles. The third-order valence-corrected chi connectivity index (χ3v) is 5.18. The molecule has 0 radical (unpaired) electrons. The van der Waals surface area contributed by atoms with Crippen LogP contribution in [-0.2, 0) is 17.8 Å². The molecule has 0 bridgehead atoms. The van der Waals surface area contributed by atoms with Crippen LogP contribution in [0.1, 0.15) is 27.9 Å². The van der Waals surface area contributed by atoms with Crippen molar-refractivity contribution in [2.45, 2.75) is 19.4 Å². The summed E-state index contributed by atoms with van der Waals surface area (Å²) in [4.78, 5) is 23.7. The van der Waals surface area contributed by atoms with Crippen LogP contribution in [0.2, 0.25) is 5.02 Å². The molecule has 0 fully saturated rings. The van der Waals surface area contributed by atoms with E-state index in [-0.39, 0.29) is 11.8 Å². The Hall–Kier alpha value is -3.32. The van der Waals surface area contributed by atoms with E-state index < -0.39 is 0 Å². The van der Waals surface area contributed by atoms with Crippen LogP contribution in [-0.4, -0.2) is 34.7 Å². The van der Waals surface area contributed by atoms with Crippen molar-refractivity contribution in [3.05, 3.63) is 76.6 Å². The molecule has 30 heavy (non-hydrogen) atoms. The largest absolute Gasteiger partial charge is 0.492 e. The van der Waals surface area contributed by atoms with Crippen molar-refractivity contribution in [1.29, 1.82) is 0 Å². The topological polar surface area (TPSA) is 85.2 Å². The van der Waals surface area contributed by atoms with E-state index in [4.69, 9.17) is 16.3 Å². The zero-order valence-corrected chi connectivity index (χ0v) is 17.0. The Morgan fingerprint density at radius 2 is 2.10 bits per heavy atom. The number of carbonyl (C=O) groups excluding carboxylic acids is 2. The van der Waals surface area contributed by atoms with Crippen molar-refractivity contribution in [3.63, 3.8) is 0 Å². The Labute approximate surface area is 179 Å². The Balaban J connectivity index is 1.25. The first-order chi connectivity index (χ1) is 14.6. The first kappa shape index (κ1) is 20.0. The molecular weight excluding hydrogens is 404 g/mol. The van der Waals surface area contributed by atoms with Gasteiger partial charge >= 0.3 is 0 Å². The second-order valence-corrected chi connectivity index (χ2v) is 7.40. The van der Waals surface area contributed by atoms with Crippen molar-refractivity contribution < 1.29 is 14.3 Å². The molecule has 1 aromatic heterocycles. The molecule has 2 heterocycles. The first-order valence-corrected chi connectivity index (χ1v) is 10.1. The van der Waals surface area contributed by atoms with Gasteiger partial charge in [0.2, 0.25) is 5.91 Å². The molecule has 154 valence electrons. The van der Waals surface area contributed by atoms with Crippen molar-refractivity contribution >= 4 is 29.1 Å². The van der Waals surface area contributed by atoms with Crippen LogP contribution in [0.15, 0.2) is 54.9 Å². The zero-order chi connectivity index (χ0) is 20.9. The molecule has 4 rings (SSSR count). The highest BCUT2D eigenvalue weighted by Crippen LogP contribution is 2.26. The highest BCUT2D eigenvalue weighted by atomic mass is 35.5. The van der Waals surface area contributed by atoms with Crippen LogP contribution in [0, 0.1) is 0 Å². The highest BCUT2D eigenvalue weighted by molar-refractivity contribution is 6.31. The summed E-state index contributed by atoms with van der Waals surface area (Å²) >= 11 is 6.17. The van der Waals surface area contributed by atoms with Crippen molar-refractivity contribution in [1.82, 2.24) is 15.1 Å². The maximum absolute atomic E-state index is 12.3. The van der Waals surface area contributed by atoms with Gasteiger partial charge in [0.05, 0.1) is 24.8 Å². The van der Waals surface area contributed by atoms with Crippen LogP contribution >= 0.6 is 11.6 Å². The van der Waals surface area contributed by atoms with Gasteiger partial charge in [0.1, 0.15) is 12.4 Å². The number of carbonyl (C=O) groups is 2. The van der Waals surface area contributed by atoms with E-state index >= 15 is 0 Å². The number of halogens is 1. The standard InChI is InChI=1S/C22H21ClN4O3/c23-19-4-2-1-3-16(19)13-27-14-17(12-25-27)22(29)24-9-10-30-18-6-7-20-15(11-18)5-8-21(28)26-20/h1-4,6-7,11-12,14H,5,8-10,13H2,(H,24,29)(H,26,28). The van der Waals surface area contributed by atoms with Gasteiger partial charge in [0.25, 0.3) is 5.91 Å². The molecule has 1 aliphatic heterocycles. The molecule has 1 aliphatic rings. The number of nitrogens with one attached hydrogen (secondary N) is 2. The van der Waals surface area contributed by atoms with Gasteiger partial charge in [-0.15, -0.1) is 0 Å². The number of aryl methyl sites for hydroxylation is 1. The SMILES string of the molecule is O=C1CCc2cc(OCCNC(=O)c3cnn(Cc4ccccc4Cl)c3)ccc2N1. The number of benzene rings is 2. The molecule has 0 unspecified atom stereocenters. The number of fused-ring (bicyclic) bond motifs is 1. The summed E-state index contributed by atoms with van der Waals surface area (Å²) in [5.41, 5.74) is 3.31. The van der Waals surface area contributed by atoms with Crippen molar-refractivity contribution in [3.8, 4) is 5.75 Å². The van der Waals surface area contributed by atoms with Gasteiger partial charge < -0.3 is 15.4 Å². The predicted molar refractivity (Wildman–Crippen MR) is 114 cm³/mol.